The van der Waals surface area contributed by atoms with Crippen LogP contribution in [0.5, 0.6) is 0 Å². The number of carbonyl (C=O) groups is 1. The second-order valence-electron chi connectivity index (χ2n) is 4.38. The van der Waals surface area contributed by atoms with Crippen LogP contribution in [0.1, 0.15) is 21.5 Å². The van der Waals surface area contributed by atoms with Gasteiger partial charge in [-0.05, 0) is 42.9 Å². The molecular weight excluding hydrogens is 250 g/mol. The van der Waals surface area contributed by atoms with Crippen LogP contribution in [-0.4, -0.2) is 13.0 Å². The van der Waals surface area contributed by atoms with E-state index in [4.69, 9.17) is 5.26 Å². The molecule has 2 rings (SSSR count). The lowest BCUT2D eigenvalue weighted by Gasteiger charge is -2.07. The molecule has 0 aromatic heterocycles. The third-order valence-electron chi connectivity index (χ3n) is 2.82. The van der Waals surface area contributed by atoms with Crippen molar-refractivity contribution in [2.24, 2.45) is 0 Å². The summed E-state index contributed by atoms with van der Waals surface area (Å²) < 4.78 is 0. The lowest BCUT2D eigenvalue weighted by atomic mass is 10.1. The van der Waals surface area contributed by atoms with Gasteiger partial charge < -0.3 is 10.6 Å². The summed E-state index contributed by atoms with van der Waals surface area (Å²) in [7, 11) is 1.87. The van der Waals surface area contributed by atoms with Gasteiger partial charge in [0.25, 0.3) is 5.91 Å². The van der Waals surface area contributed by atoms with E-state index in [-0.39, 0.29) is 5.91 Å². The number of rotatable bonds is 4. The Labute approximate surface area is 118 Å². The van der Waals surface area contributed by atoms with Gasteiger partial charge in [-0.15, -0.1) is 0 Å². The number of hydrogen-bond donors (Lipinski definition) is 2. The summed E-state index contributed by atoms with van der Waals surface area (Å²) in [5, 5.41) is 14.7. The second-order valence-corrected chi connectivity index (χ2v) is 4.38. The van der Waals surface area contributed by atoms with Crippen LogP contribution in [0.15, 0.2) is 48.5 Å². The molecule has 0 atom stereocenters. The second kappa shape index (κ2) is 6.50. The highest BCUT2D eigenvalue weighted by atomic mass is 16.1. The predicted molar refractivity (Wildman–Crippen MR) is 78.3 cm³/mol. The third kappa shape index (κ3) is 3.44. The topological polar surface area (TPSA) is 64.9 Å². The van der Waals surface area contributed by atoms with Crippen LogP contribution in [0.2, 0.25) is 0 Å². The quantitative estimate of drug-likeness (QED) is 0.892. The molecule has 0 saturated heterocycles. The van der Waals surface area contributed by atoms with Crippen LogP contribution >= 0.6 is 0 Å². The highest BCUT2D eigenvalue weighted by Crippen LogP contribution is 2.13. The number of benzene rings is 2. The molecule has 4 heteroatoms. The van der Waals surface area contributed by atoms with Crippen molar-refractivity contribution in [2.75, 3.05) is 12.4 Å². The van der Waals surface area contributed by atoms with Crippen molar-refractivity contribution in [3.8, 4) is 6.07 Å². The predicted octanol–water partition coefficient (Wildman–Crippen LogP) is 2.53. The van der Waals surface area contributed by atoms with Gasteiger partial charge in [0, 0.05) is 17.8 Å². The van der Waals surface area contributed by atoms with Gasteiger partial charge in [0.15, 0.2) is 0 Å². The lowest BCUT2D eigenvalue weighted by molar-refractivity contribution is 0.102. The molecular formula is C16H15N3O. The first-order chi connectivity index (χ1) is 9.72. The molecule has 0 unspecified atom stereocenters. The highest BCUT2D eigenvalue weighted by Gasteiger charge is 2.07. The van der Waals surface area contributed by atoms with E-state index in [1.165, 1.54) is 0 Å². The van der Waals surface area contributed by atoms with Crippen molar-refractivity contribution in [3.63, 3.8) is 0 Å². The van der Waals surface area contributed by atoms with Gasteiger partial charge in [-0.2, -0.15) is 5.26 Å². The van der Waals surface area contributed by atoms with E-state index in [0.717, 1.165) is 17.8 Å². The van der Waals surface area contributed by atoms with Crippen molar-refractivity contribution in [1.29, 1.82) is 5.26 Å². The van der Waals surface area contributed by atoms with E-state index in [1.807, 2.05) is 37.4 Å². The summed E-state index contributed by atoms with van der Waals surface area (Å²) in [6.07, 6.45) is 0. The fourth-order valence-electron chi connectivity index (χ4n) is 1.90. The summed E-state index contributed by atoms with van der Waals surface area (Å²) in [6.45, 7) is 0.744. The molecule has 2 aromatic rings. The van der Waals surface area contributed by atoms with Gasteiger partial charge in [0.05, 0.1) is 11.6 Å². The van der Waals surface area contributed by atoms with Crippen LogP contribution in [0.25, 0.3) is 0 Å². The van der Waals surface area contributed by atoms with Crippen molar-refractivity contribution >= 4 is 11.6 Å². The number of nitriles is 1. The smallest absolute Gasteiger partial charge is 0.255 e. The molecule has 0 aliphatic heterocycles. The average molecular weight is 265 g/mol. The third-order valence-corrected chi connectivity index (χ3v) is 2.82. The molecule has 0 saturated carbocycles. The fourth-order valence-corrected chi connectivity index (χ4v) is 1.90. The van der Waals surface area contributed by atoms with Crippen molar-refractivity contribution < 1.29 is 4.79 Å². The molecule has 0 radical (unpaired) electrons. The summed E-state index contributed by atoms with van der Waals surface area (Å²) in [5.74, 6) is -0.219. The van der Waals surface area contributed by atoms with Gasteiger partial charge >= 0.3 is 0 Å². The number of hydrogen-bond acceptors (Lipinski definition) is 3. The zero-order chi connectivity index (χ0) is 14.4. The molecule has 1 amide bonds. The Morgan fingerprint density at radius 1 is 1.20 bits per heavy atom. The van der Waals surface area contributed by atoms with Crippen LogP contribution in [0.4, 0.5) is 5.69 Å². The molecule has 0 heterocycles. The van der Waals surface area contributed by atoms with E-state index in [2.05, 4.69) is 10.6 Å². The summed E-state index contributed by atoms with van der Waals surface area (Å²) in [4.78, 5) is 12.1. The van der Waals surface area contributed by atoms with Gasteiger partial charge in [0.2, 0.25) is 0 Å². The normalized spacial score (nSPS) is 9.80. The Hall–Kier alpha value is -2.64. The minimum atomic E-state index is -0.219. The monoisotopic (exact) mass is 265 g/mol. The van der Waals surface area contributed by atoms with Crippen molar-refractivity contribution in [2.45, 2.75) is 6.54 Å². The van der Waals surface area contributed by atoms with Crippen LogP contribution in [-0.2, 0) is 6.54 Å². The van der Waals surface area contributed by atoms with E-state index in [0.29, 0.717) is 11.1 Å². The summed E-state index contributed by atoms with van der Waals surface area (Å²) in [5.41, 5.74) is 2.78. The Kier molecular flexibility index (Phi) is 4.48. The summed E-state index contributed by atoms with van der Waals surface area (Å²) >= 11 is 0. The van der Waals surface area contributed by atoms with Crippen molar-refractivity contribution in [3.05, 3.63) is 65.2 Å². The maximum Gasteiger partial charge on any atom is 0.255 e. The number of anilines is 1. The zero-order valence-corrected chi connectivity index (χ0v) is 11.2. The molecule has 0 bridgehead atoms. The standard InChI is InChI=1S/C16H15N3O/c1-18-11-13-5-3-7-15(9-13)19-16(20)14-6-2-4-12(8-14)10-17/h2-9,18H,11H2,1H3,(H,19,20). The van der Waals surface area contributed by atoms with E-state index in [9.17, 15) is 4.79 Å². The lowest BCUT2D eigenvalue weighted by Crippen LogP contribution is -2.12. The maximum atomic E-state index is 12.1. The van der Waals surface area contributed by atoms with Crippen LogP contribution in [0.3, 0.4) is 0 Å². The first-order valence-electron chi connectivity index (χ1n) is 6.28. The fraction of sp³-hybridized carbons (Fsp3) is 0.125. The Balaban J connectivity index is 2.15. The van der Waals surface area contributed by atoms with E-state index >= 15 is 0 Å². The minimum absolute atomic E-state index is 0.219. The number of nitrogens with zero attached hydrogens (tertiary/aromatic N) is 1. The molecule has 2 aromatic carbocycles. The molecule has 0 aliphatic rings. The maximum absolute atomic E-state index is 12.1. The molecule has 20 heavy (non-hydrogen) atoms. The summed E-state index contributed by atoms with van der Waals surface area (Å²) in [6, 6.07) is 16.3. The van der Waals surface area contributed by atoms with E-state index < -0.39 is 0 Å². The van der Waals surface area contributed by atoms with Gasteiger partial charge in [-0.3, -0.25) is 4.79 Å². The first-order valence-corrected chi connectivity index (χ1v) is 6.28. The Morgan fingerprint density at radius 2 is 2.00 bits per heavy atom. The van der Waals surface area contributed by atoms with Gasteiger partial charge in [0.1, 0.15) is 0 Å². The van der Waals surface area contributed by atoms with E-state index in [1.54, 1.807) is 24.3 Å². The van der Waals surface area contributed by atoms with Crippen molar-refractivity contribution in [1.82, 2.24) is 5.32 Å². The average Bonchev–Trinajstić information content (AvgIpc) is 2.48. The Bertz CT molecular complexity index is 659. The molecule has 100 valence electrons. The molecule has 0 spiro atoms. The highest BCUT2D eigenvalue weighted by molar-refractivity contribution is 6.04. The van der Waals surface area contributed by atoms with Crippen LogP contribution < -0.4 is 10.6 Å². The Morgan fingerprint density at radius 3 is 2.75 bits per heavy atom. The number of carbonyl (C=O) groups excluding carboxylic acids is 1. The largest absolute Gasteiger partial charge is 0.322 e. The SMILES string of the molecule is CNCc1cccc(NC(=O)c2cccc(C#N)c2)c1. The minimum Gasteiger partial charge on any atom is -0.322 e. The molecule has 2 N–H and O–H groups in total. The molecule has 0 fully saturated rings. The van der Waals surface area contributed by atoms with Gasteiger partial charge in [-0.1, -0.05) is 18.2 Å². The molecule has 0 aliphatic carbocycles. The molecule has 4 nitrogen and oxygen atoms in total. The zero-order valence-electron chi connectivity index (χ0n) is 11.2. The number of amides is 1. The first kappa shape index (κ1) is 13.8. The number of nitrogens with one attached hydrogen (secondary N) is 2. The van der Waals surface area contributed by atoms with Crippen LogP contribution in [0, 0.1) is 11.3 Å². The van der Waals surface area contributed by atoms with Gasteiger partial charge in [-0.25, -0.2) is 0 Å².